The van der Waals surface area contributed by atoms with Crippen molar-refractivity contribution in [2.24, 2.45) is 0 Å². The third-order valence-corrected chi connectivity index (χ3v) is 3.56. The Balaban J connectivity index is 2.34. The fraction of sp³-hybridized carbons (Fsp3) is 0.500. The van der Waals surface area contributed by atoms with Crippen LogP contribution in [0.3, 0.4) is 0 Å². The minimum absolute atomic E-state index is 0.0675. The number of nitrogens with zero attached hydrogens (tertiary/aromatic N) is 1. The van der Waals surface area contributed by atoms with Crippen molar-refractivity contribution in [3.8, 4) is 0 Å². The van der Waals surface area contributed by atoms with E-state index >= 15 is 0 Å². The molecule has 2 nitrogen and oxygen atoms in total. The van der Waals surface area contributed by atoms with Gasteiger partial charge in [0.1, 0.15) is 5.82 Å². The highest BCUT2D eigenvalue weighted by atomic mass is 19.4. The van der Waals surface area contributed by atoms with Crippen LogP contribution in [0.4, 0.5) is 23.2 Å². The van der Waals surface area contributed by atoms with Gasteiger partial charge in [0.05, 0.1) is 17.3 Å². The number of ketones is 1. The Labute approximate surface area is 114 Å². The number of carbonyl (C=O) groups is 1. The van der Waals surface area contributed by atoms with Crippen molar-refractivity contribution in [2.45, 2.75) is 38.4 Å². The molecule has 1 fully saturated rings. The number of benzene rings is 1. The van der Waals surface area contributed by atoms with Crippen molar-refractivity contribution >= 4 is 11.5 Å². The Morgan fingerprint density at radius 2 is 2.00 bits per heavy atom. The molecule has 110 valence electrons. The molecule has 0 aromatic heterocycles. The molecule has 0 radical (unpaired) electrons. The zero-order valence-electron chi connectivity index (χ0n) is 11.0. The number of Topliss-reactive ketones (excluding diaryl/α,β-unsaturated/α-hetero) is 1. The minimum Gasteiger partial charge on any atom is -0.359 e. The summed E-state index contributed by atoms with van der Waals surface area (Å²) in [6.45, 7) is 1.90. The lowest BCUT2D eigenvalue weighted by atomic mass is 9.98. The molecule has 0 spiro atoms. The molecule has 6 heteroatoms. The van der Waals surface area contributed by atoms with Crippen molar-refractivity contribution in [2.75, 3.05) is 11.4 Å². The van der Waals surface area contributed by atoms with Crippen molar-refractivity contribution in [1.82, 2.24) is 0 Å². The number of carbonyl (C=O) groups excluding carboxylic acids is 1. The highest BCUT2D eigenvalue weighted by molar-refractivity contribution is 5.85. The molecule has 1 aliphatic rings. The normalized spacial score (nSPS) is 20.1. The second-order valence-corrected chi connectivity index (χ2v) is 4.98. The van der Waals surface area contributed by atoms with Crippen LogP contribution in [0.15, 0.2) is 18.2 Å². The number of hydrogen-bond acceptors (Lipinski definition) is 2. The van der Waals surface area contributed by atoms with Gasteiger partial charge >= 0.3 is 6.18 Å². The molecular formula is C14H15F4NO. The van der Waals surface area contributed by atoms with Crippen molar-refractivity contribution in [3.05, 3.63) is 29.6 Å². The van der Waals surface area contributed by atoms with Crippen LogP contribution in [0.1, 0.15) is 31.7 Å². The van der Waals surface area contributed by atoms with E-state index in [2.05, 4.69) is 0 Å². The van der Waals surface area contributed by atoms with E-state index < -0.39 is 23.6 Å². The third kappa shape index (κ3) is 2.94. The highest BCUT2D eigenvalue weighted by Crippen LogP contribution is 2.34. The van der Waals surface area contributed by atoms with Crippen LogP contribution < -0.4 is 4.90 Å². The third-order valence-electron chi connectivity index (χ3n) is 3.56. The van der Waals surface area contributed by atoms with E-state index in [1.165, 1.54) is 6.92 Å². The Morgan fingerprint density at radius 3 is 2.55 bits per heavy atom. The number of rotatable bonds is 2. The number of hydrogen-bond donors (Lipinski definition) is 0. The predicted molar refractivity (Wildman–Crippen MR) is 67.1 cm³/mol. The molecule has 0 aliphatic carbocycles. The molecule has 0 saturated carbocycles. The summed E-state index contributed by atoms with van der Waals surface area (Å²) in [6, 6.07) is 2.00. The van der Waals surface area contributed by atoms with Gasteiger partial charge < -0.3 is 4.90 Å². The lowest BCUT2D eigenvalue weighted by Crippen LogP contribution is -2.44. The quantitative estimate of drug-likeness (QED) is 0.772. The van der Waals surface area contributed by atoms with Crippen LogP contribution in [0.5, 0.6) is 0 Å². The van der Waals surface area contributed by atoms with E-state index in [0.717, 1.165) is 25.0 Å². The van der Waals surface area contributed by atoms with E-state index in [1.54, 1.807) is 4.90 Å². The topological polar surface area (TPSA) is 20.3 Å². The average molecular weight is 289 g/mol. The molecule has 1 heterocycles. The second-order valence-electron chi connectivity index (χ2n) is 4.98. The maximum Gasteiger partial charge on any atom is 0.416 e. The van der Waals surface area contributed by atoms with Gasteiger partial charge in [0, 0.05) is 6.54 Å². The molecule has 0 bridgehead atoms. The molecule has 2 rings (SSSR count). The van der Waals surface area contributed by atoms with Crippen molar-refractivity contribution < 1.29 is 22.4 Å². The summed E-state index contributed by atoms with van der Waals surface area (Å²) < 4.78 is 51.5. The first kappa shape index (κ1) is 14.8. The summed E-state index contributed by atoms with van der Waals surface area (Å²) >= 11 is 0. The summed E-state index contributed by atoms with van der Waals surface area (Å²) in [4.78, 5) is 13.1. The zero-order valence-corrected chi connectivity index (χ0v) is 11.0. The van der Waals surface area contributed by atoms with Gasteiger partial charge in [-0.3, -0.25) is 4.79 Å². The van der Waals surface area contributed by atoms with E-state index in [1.807, 2.05) is 0 Å². The van der Waals surface area contributed by atoms with Gasteiger partial charge in [-0.1, -0.05) is 0 Å². The lowest BCUT2D eigenvalue weighted by Gasteiger charge is -2.36. The van der Waals surface area contributed by atoms with Gasteiger partial charge in [-0.15, -0.1) is 0 Å². The van der Waals surface area contributed by atoms with Crippen molar-refractivity contribution in [3.63, 3.8) is 0 Å². The maximum absolute atomic E-state index is 13.9. The van der Waals surface area contributed by atoms with E-state index in [-0.39, 0.29) is 11.5 Å². The molecule has 1 atom stereocenters. The second kappa shape index (κ2) is 5.42. The molecule has 1 aromatic rings. The first-order chi connectivity index (χ1) is 9.30. The molecule has 0 N–H and O–H groups in total. The summed E-state index contributed by atoms with van der Waals surface area (Å²) in [6.07, 6.45) is -2.30. The standard InChI is InChI=1S/C14H15F4NO/c1-9(20)12-4-2-3-7-19(12)13-6-5-10(8-11(13)15)14(16,17)18/h5-6,8,12H,2-4,7H2,1H3. The molecule has 1 unspecified atom stereocenters. The van der Waals surface area contributed by atoms with Crippen LogP contribution in [-0.2, 0) is 11.0 Å². The Bertz CT molecular complexity index is 512. The Hall–Kier alpha value is -1.59. The molecule has 1 saturated heterocycles. The van der Waals surface area contributed by atoms with Gasteiger partial charge in [-0.05, 0) is 44.4 Å². The molecular weight excluding hydrogens is 274 g/mol. The van der Waals surface area contributed by atoms with Crippen LogP contribution in [0.2, 0.25) is 0 Å². The van der Waals surface area contributed by atoms with E-state index in [0.29, 0.717) is 19.0 Å². The van der Waals surface area contributed by atoms with Gasteiger partial charge in [0.15, 0.2) is 5.78 Å². The Morgan fingerprint density at radius 1 is 1.30 bits per heavy atom. The fourth-order valence-electron chi connectivity index (χ4n) is 2.56. The summed E-state index contributed by atoms with van der Waals surface area (Å²) in [5.74, 6) is -1.03. The molecule has 0 amide bonds. The summed E-state index contributed by atoms with van der Waals surface area (Å²) in [5, 5.41) is 0. The molecule has 1 aromatic carbocycles. The largest absolute Gasteiger partial charge is 0.416 e. The summed E-state index contributed by atoms with van der Waals surface area (Å²) in [5.41, 5.74) is -0.951. The number of piperidine rings is 1. The van der Waals surface area contributed by atoms with Crippen LogP contribution in [0, 0.1) is 5.82 Å². The highest BCUT2D eigenvalue weighted by Gasteiger charge is 2.33. The minimum atomic E-state index is -4.57. The monoisotopic (exact) mass is 289 g/mol. The fourth-order valence-corrected chi connectivity index (χ4v) is 2.56. The van der Waals surface area contributed by atoms with Crippen molar-refractivity contribution in [1.29, 1.82) is 0 Å². The maximum atomic E-state index is 13.9. The Kier molecular flexibility index (Phi) is 4.01. The average Bonchev–Trinajstić information content (AvgIpc) is 2.37. The van der Waals surface area contributed by atoms with Gasteiger partial charge in [0.25, 0.3) is 0 Å². The SMILES string of the molecule is CC(=O)C1CCCCN1c1ccc(C(F)(F)F)cc1F. The predicted octanol–water partition coefficient (Wildman–Crippen LogP) is 3.79. The van der Waals surface area contributed by atoms with Gasteiger partial charge in [-0.2, -0.15) is 13.2 Å². The van der Waals surface area contributed by atoms with Gasteiger partial charge in [0.2, 0.25) is 0 Å². The van der Waals surface area contributed by atoms with E-state index in [4.69, 9.17) is 0 Å². The zero-order chi connectivity index (χ0) is 14.9. The molecule has 20 heavy (non-hydrogen) atoms. The van der Waals surface area contributed by atoms with E-state index in [9.17, 15) is 22.4 Å². The van der Waals surface area contributed by atoms with Crippen LogP contribution in [0.25, 0.3) is 0 Å². The number of halogens is 4. The first-order valence-electron chi connectivity index (χ1n) is 6.44. The first-order valence-corrected chi connectivity index (χ1v) is 6.44. The van der Waals surface area contributed by atoms with Crippen LogP contribution in [-0.4, -0.2) is 18.4 Å². The lowest BCUT2D eigenvalue weighted by molar-refractivity contribution is -0.137. The molecule has 1 aliphatic heterocycles. The number of anilines is 1. The van der Waals surface area contributed by atoms with Crippen LogP contribution >= 0.6 is 0 Å². The number of alkyl halides is 3. The smallest absolute Gasteiger partial charge is 0.359 e. The van der Waals surface area contributed by atoms with Gasteiger partial charge in [-0.25, -0.2) is 4.39 Å². The summed E-state index contributed by atoms with van der Waals surface area (Å²) in [7, 11) is 0.